The van der Waals surface area contributed by atoms with E-state index in [1.54, 1.807) is 24.3 Å². The zero-order chi connectivity index (χ0) is 25.0. The Morgan fingerprint density at radius 1 is 1.06 bits per heavy atom. The highest BCUT2D eigenvalue weighted by molar-refractivity contribution is 8.02. The first kappa shape index (κ1) is 25.3. The van der Waals surface area contributed by atoms with Crippen LogP contribution in [0, 0.1) is 21.4 Å². The number of nitro groups is 1. The molecule has 0 unspecified atom stereocenters. The quantitative estimate of drug-likeness (QED) is 0.161. The fourth-order valence-electron chi connectivity index (χ4n) is 3.13. The van der Waals surface area contributed by atoms with Gasteiger partial charge in [-0.25, -0.2) is 0 Å². The Morgan fingerprint density at radius 2 is 1.77 bits per heavy atom. The predicted octanol–water partition coefficient (Wildman–Crippen LogP) is 5.39. The van der Waals surface area contributed by atoms with Gasteiger partial charge < -0.3 is 15.4 Å². The van der Waals surface area contributed by atoms with Crippen molar-refractivity contribution in [2.45, 2.75) is 19.2 Å². The fraction of sp³-hybridized carbons (Fsp3) is 0.154. The topological polar surface area (TPSA) is 117 Å². The number of nitrogens with zero attached hydrogens (tertiary/aromatic N) is 2. The van der Waals surface area contributed by atoms with Crippen molar-refractivity contribution >= 4 is 29.0 Å². The second-order valence-electron chi connectivity index (χ2n) is 7.25. The maximum atomic E-state index is 13.0. The van der Waals surface area contributed by atoms with Crippen LogP contribution < -0.4 is 15.4 Å². The smallest absolute Gasteiger partial charge is 0.269 e. The molecule has 0 fully saturated rings. The van der Waals surface area contributed by atoms with Crippen molar-refractivity contribution < 1.29 is 14.5 Å². The molecule has 1 amide bonds. The number of thioether (sulfide) groups is 1. The van der Waals surface area contributed by atoms with E-state index in [1.165, 1.54) is 23.9 Å². The number of hydrogen-bond acceptors (Lipinski definition) is 7. The number of para-hydroxylation sites is 2. The molecule has 0 aromatic heterocycles. The number of nitrogens with one attached hydrogen (secondary N) is 2. The monoisotopic (exact) mass is 488 g/mol. The number of rotatable bonds is 11. The summed E-state index contributed by atoms with van der Waals surface area (Å²) in [6.45, 7) is 2.58. The van der Waals surface area contributed by atoms with E-state index in [0.29, 0.717) is 34.4 Å². The summed E-state index contributed by atoms with van der Waals surface area (Å²) in [6, 6.07) is 24.9. The molecule has 3 rings (SSSR count). The zero-order valence-electron chi connectivity index (χ0n) is 19.1. The molecule has 3 aromatic rings. The fourth-order valence-corrected chi connectivity index (χ4v) is 4.09. The summed E-state index contributed by atoms with van der Waals surface area (Å²) in [5.41, 5.74) is 2.06. The van der Waals surface area contributed by atoms with Gasteiger partial charge >= 0.3 is 0 Å². The summed E-state index contributed by atoms with van der Waals surface area (Å²) < 4.78 is 5.67. The van der Waals surface area contributed by atoms with Gasteiger partial charge in [0.1, 0.15) is 17.4 Å². The molecule has 8 nitrogen and oxygen atoms in total. The molecule has 0 bridgehead atoms. The maximum absolute atomic E-state index is 13.0. The van der Waals surface area contributed by atoms with Crippen molar-refractivity contribution in [3.05, 3.63) is 111 Å². The van der Waals surface area contributed by atoms with E-state index in [1.807, 2.05) is 55.5 Å². The molecule has 0 aliphatic heterocycles. The molecule has 0 atom stereocenters. The highest BCUT2D eigenvalue weighted by atomic mass is 32.2. The summed E-state index contributed by atoms with van der Waals surface area (Å²) in [5.74, 6) is 0.350. The molecule has 35 heavy (non-hydrogen) atoms. The Balaban J connectivity index is 1.89. The van der Waals surface area contributed by atoms with Crippen LogP contribution in [0.1, 0.15) is 18.1 Å². The summed E-state index contributed by atoms with van der Waals surface area (Å²) in [6.07, 6.45) is 0. The lowest BCUT2D eigenvalue weighted by molar-refractivity contribution is -0.384. The standard InChI is InChI=1S/C26H24N4O4S/c1-2-34-24-14-7-6-13-23(24)29-26(35-18-20-11-8-12-21(15-20)30(32)33)22(16-27)25(31)28-17-19-9-4-3-5-10-19/h3-15,29H,2,17-18H2,1H3,(H,28,31). The molecule has 0 heterocycles. The molecule has 0 aliphatic rings. The van der Waals surface area contributed by atoms with Crippen LogP contribution in [0.3, 0.4) is 0 Å². The normalized spacial score (nSPS) is 11.1. The van der Waals surface area contributed by atoms with Crippen LogP contribution in [-0.2, 0) is 17.1 Å². The average molecular weight is 489 g/mol. The highest BCUT2D eigenvalue weighted by Gasteiger charge is 2.18. The summed E-state index contributed by atoms with van der Waals surface area (Å²) in [7, 11) is 0. The van der Waals surface area contributed by atoms with Gasteiger partial charge in [-0.05, 0) is 30.2 Å². The van der Waals surface area contributed by atoms with Crippen LogP contribution in [0.25, 0.3) is 0 Å². The Bertz CT molecular complexity index is 1260. The van der Waals surface area contributed by atoms with Gasteiger partial charge in [0, 0.05) is 24.4 Å². The Kier molecular flexibility index (Phi) is 9.28. The first-order chi connectivity index (χ1) is 17.0. The molecular formula is C26H24N4O4S. The van der Waals surface area contributed by atoms with E-state index in [-0.39, 0.29) is 17.8 Å². The van der Waals surface area contributed by atoms with Crippen molar-refractivity contribution in [1.29, 1.82) is 5.26 Å². The summed E-state index contributed by atoms with van der Waals surface area (Å²) >= 11 is 1.21. The van der Waals surface area contributed by atoms with E-state index < -0.39 is 10.8 Å². The van der Waals surface area contributed by atoms with Gasteiger partial charge in [-0.3, -0.25) is 14.9 Å². The van der Waals surface area contributed by atoms with Crippen LogP contribution in [0.2, 0.25) is 0 Å². The third-order valence-corrected chi connectivity index (χ3v) is 5.87. The Labute approximate surface area is 207 Å². The number of benzene rings is 3. The first-order valence-corrected chi connectivity index (χ1v) is 11.8. The minimum absolute atomic E-state index is 0.0237. The highest BCUT2D eigenvalue weighted by Crippen LogP contribution is 2.32. The molecule has 0 radical (unpaired) electrons. The number of amides is 1. The van der Waals surface area contributed by atoms with Crippen molar-refractivity contribution in [1.82, 2.24) is 5.32 Å². The third kappa shape index (κ3) is 7.35. The van der Waals surface area contributed by atoms with Crippen LogP contribution in [0.4, 0.5) is 11.4 Å². The number of carbonyl (C=O) groups is 1. The van der Waals surface area contributed by atoms with Crippen molar-refractivity contribution in [2.75, 3.05) is 11.9 Å². The van der Waals surface area contributed by atoms with E-state index in [2.05, 4.69) is 10.6 Å². The van der Waals surface area contributed by atoms with Crippen molar-refractivity contribution in [3.63, 3.8) is 0 Å². The minimum atomic E-state index is -0.528. The summed E-state index contributed by atoms with van der Waals surface area (Å²) in [5, 5.41) is 27.3. The lowest BCUT2D eigenvalue weighted by Crippen LogP contribution is -2.25. The predicted molar refractivity (Wildman–Crippen MR) is 137 cm³/mol. The number of non-ortho nitro benzene ring substituents is 1. The zero-order valence-corrected chi connectivity index (χ0v) is 19.9. The maximum Gasteiger partial charge on any atom is 0.269 e. The molecule has 0 aliphatic carbocycles. The third-order valence-electron chi connectivity index (χ3n) is 4.80. The number of nitriles is 1. The number of anilines is 1. The molecule has 2 N–H and O–H groups in total. The van der Waals surface area contributed by atoms with Crippen LogP contribution in [0.15, 0.2) is 89.5 Å². The SMILES string of the molecule is CCOc1ccccc1NC(SCc1cccc([N+](=O)[O-])c1)=C(C#N)C(=O)NCc1ccccc1. The lowest BCUT2D eigenvalue weighted by atomic mass is 10.2. The second kappa shape index (κ2) is 12.8. The average Bonchev–Trinajstić information content (AvgIpc) is 2.88. The van der Waals surface area contributed by atoms with Crippen LogP contribution in [-0.4, -0.2) is 17.4 Å². The lowest BCUT2D eigenvalue weighted by Gasteiger charge is -2.16. The van der Waals surface area contributed by atoms with Crippen LogP contribution >= 0.6 is 11.8 Å². The van der Waals surface area contributed by atoms with Gasteiger partial charge in [-0.1, -0.05) is 54.6 Å². The Hall–Kier alpha value is -4.29. The second-order valence-corrected chi connectivity index (χ2v) is 8.24. The minimum Gasteiger partial charge on any atom is -0.492 e. The van der Waals surface area contributed by atoms with Crippen LogP contribution in [0.5, 0.6) is 5.75 Å². The molecule has 0 saturated heterocycles. The molecule has 0 saturated carbocycles. The molecule has 178 valence electrons. The molecule has 9 heteroatoms. The van der Waals surface area contributed by atoms with Gasteiger partial charge in [0.2, 0.25) is 0 Å². The van der Waals surface area contributed by atoms with Gasteiger partial charge in [-0.2, -0.15) is 5.26 Å². The van der Waals surface area contributed by atoms with E-state index in [9.17, 15) is 20.2 Å². The number of ether oxygens (including phenoxy) is 1. The number of carbonyl (C=O) groups excluding carboxylic acids is 1. The Morgan fingerprint density at radius 3 is 2.49 bits per heavy atom. The van der Waals surface area contributed by atoms with Gasteiger partial charge in [0.15, 0.2) is 0 Å². The van der Waals surface area contributed by atoms with Gasteiger partial charge in [0.05, 0.1) is 22.2 Å². The largest absolute Gasteiger partial charge is 0.492 e. The van der Waals surface area contributed by atoms with Gasteiger partial charge in [-0.15, -0.1) is 11.8 Å². The first-order valence-electron chi connectivity index (χ1n) is 10.8. The number of hydrogen-bond donors (Lipinski definition) is 2. The molecule has 0 spiro atoms. The molecular weight excluding hydrogens is 464 g/mol. The molecule has 3 aromatic carbocycles. The van der Waals surface area contributed by atoms with Crippen molar-refractivity contribution in [2.24, 2.45) is 0 Å². The van der Waals surface area contributed by atoms with Crippen molar-refractivity contribution in [3.8, 4) is 11.8 Å². The van der Waals surface area contributed by atoms with Gasteiger partial charge in [0.25, 0.3) is 11.6 Å². The van der Waals surface area contributed by atoms with E-state index in [4.69, 9.17) is 4.74 Å². The number of nitro benzene ring substituents is 1. The van der Waals surface area contributed by atoms with E-state index in [0.717, 1.165) is 5.56 Å². The van der Waals surface area contributed by atoms with E-state index >= 15 is 0 Å². The summed E-state index contributed by atoms with van der Waals surface area (Å²) in [4.78, 5) is 23.7.